The number of aliphatic hydroxyl groups is 2. The zero-order chi connectivity index (χ0) is 9.23. The third-order valence-corrected chi connectivity index (χ3v) is 1.22. The number of aliphatic hydroxyl groups excluding tert-OH is 2. The summed E-state index contributed by atoms with van der Waals surface area (Å²) in [7, 11) is 0. The normalized spacial score (nSPS) is 13.5. The van der Waals surface area contributed by atoms with Crippen LogP contribution in [0.4, 0.5) is 0 Å². The Kier molecular flexibility index (Phi) is 8.01. The van der Waals surface area contributed by atoms with Crippen LogP contribution >= 0.6 is 0 Å². The summed E-state index contributed by atoms with van der Waals surface area (Å²) in [6.07, 6.45) is 5.50. The maximum Gasteiger partial charge on any atom is 0.100 e. The molecule has 0 aromatic heterocycles. The highest BCUT2D eigenvalue weighted by atomic mass is 16.5. The minimum Gasteiger partial charge on any atom is -0.394 e. The lowest BCUT2D eigenvalue weighted by molar-refractivity contribution is 0.00768. The molecule has 0 aliphatic rings. The van der Waals surface area contributed by atoms with Gasteiger partial charge in [0.05, 0.1) is 19.8 Å². The largest absolute Gasteiger partial charge is 0.394 e. The summed E-state index contributed by atoms with van der Waals surface area (Å²) >= 11 is 0. The lowest BCUT2D eigenvalue weighted by Crippen LogP contribution is -2.19. The van der Waals surface area contributed by atoms with Crippen LogP contribution in [0.25, 0.3) is 0 Å². The molecule has 0 radical (unpaired) electrons. The maximum absolute atomic E-state index is 8.85. The van der Waals surface area contributed by atoms with E-state index in [9.17, 15) is 0 Å². The fourth-order valence-corrected chi connectivity index (χ4v) is 0.616. The molecule has 0 rings (SSSR count). The summed E-state index contributed by atoms with van der Waals surface area (Å²) in [6.45, 7) is 4.02. The zero-order valence-corrected chi connectivity index (χ0v) is 7.15. The topological polar surface area (TPSA) is 49.7 Å². The van der Waals surface area contributed by atoms with Crippen LogP contribution in [-0.4, -0.2) is 36.1 Å². The van der Waals surface area contributed by atoms with Crippen molar-refractivity contribution >= 4 is 0 Å². The molecule has 0 amide bonds. The summed E-state index contributed by atoms with van der Waals surface area (Å²) in [4.78, 5) is 0. The Labute approximate surface area is 73.0 Å². The lowest BCUT2D eigenvalue weighted by atomic mass is 10.4. The van der Waals surface area contributed by atoms with Gasteiger partial charge in [0, 0.05) is 0 Å². The van der Waals surface area contributed by atoms with Gasteiger partial charge in [-0.2, -0.15) is 0 Å². The lowest BCUT2D eigenvalue weighted by Gasteiger charge is -2.06. The second-order valence-electron chi connectivity index (χ2n) is 2.36. The Morgan fingerprint density at radius 2 is 2.25 bits per heavy atom. The fourth-order valence-electron chi connectivity index (χ4n) is 0.616. The van der Waals surface area contributed by atoms with Crippen molar-refractivity contribution < 1.29 is 14.9 Å². The molecule has 70 valence electrons. The molecule has 0 heterocycles. The first-order chi connectivity index (χ1) is 5.81. The summed E-state index contributed by atoms with van der Waals surface area (Å²) in [6, 6.07) is 0. The molecule has 1 atom stereocenters. The molecule has 0 fully saturated rings. The highest BCUT2D eigenvalue weighted by Crippen LogP contribution is 1.88. The van der Waals surface area contributed by atoms with Gasteiger partial charge in [0.2, 0.25) is 0 Å². The molecule has 0 aromatic rings. The minimum atomic E-state index is -0.756. The van der Waals surface area contributed by atoms with Gasteiger partial charge < -0.3 is 14.9 Å². The van der Waals surface area contributed by atoms with E-state index < -0.39 is 6.10 Å². The first-order valence-corrected chi connectivity index (χ1v) is 3.95. The highest BCUT2D eigenvalue weighted by Gasteiger charge is 1.99. The molecule has 3 nitrogen and oxygen atoms in total. The third-order valence-electron chi connectivity index (χ3n) is 1.22. The zero-order valence-electron chi connectivity index (χ0n) is 7.15. The Balaban J connectivity index is 3.10. The number of allylic oxidation sites excluding steroid dienone is 2. The number of hydrogen-bond acceptors (Lipinski definition) is 3. The van der Waals surface area contributed by atoms with Crippen molar-refractivity contribution in [2.45, 2.75) is 12.5 Å². The maximum atomic E-state index is 8.85. The first kappa shape index (κ1) is 11.4. The van der Waals surface area contributed by atoms with E-state index in [1.807, 2.05) is 12.2 Å². The van der Waals surface area contributed by atoms with Gasteiger partial charge in [-0.05, 0) is 6.42 Å². The van der Waals surface area contributed by atoms with Gasteiger partial charge >= 0.3 is 0 Å². The smallest absolute Gasteiger partial charge is 0.100 e. The van der Waals surface area contributed by atoms with Crippen LogP contribution in [0, 0.1) is 0 Å². The van der Waals surface area contributed by atoms with Crippen LogP contribution in [0.5, 0.6) is 0 Å². The van der Waals surface area contributed by atoms with E-state index in [-0.39, 0.29) is 13.2 Å². The average Bonchev–Trinajstić information content (AvgIpc) is 2.10. The predicted octanol–water partition coefficient (Wildman–Crippen LogP) is 0.488. The average molecular weight is 172 g/mol. The van der Waals surface area contributed by atoms with Crippen molar-refractivity contribution in [1.29, 1.82) is 0 Å². The van der Waals surface area contributed by atoms with Crippen LogP contribution in [0.15, 0.2) is 24.8 Å². The molecular formula is C9H16O3. The summed E-state index contributed by atoms with van der Waals surface area (Å²) in [5.74, 6) is 0. The first-order valence-electron chi connectivity index (χ1n) is 3.95. The van der Waals surface area contributed by atoms with E-state index in [2.05, 4.69) is 6.58 Å². The van der Waals surface area contributed by atoms with E-state index in [4.69, 9.17) is 14.9 Å². The Morgan fingerprint density at radius 3 is 2.83 bits per heavy atom. The van der Waals surface area contributed by atoms with E-state index >= 15 is 0 Å². The molecule has 2 N–H and O–H groups in total. The van der Waals surface area contributed by atoms with Crippen LogP contribution in [-0.2, 0) is 4.74 Å². The van der Waals surface area contributed by atoms with Crippen molar-refractivity contribution in [3.63, 3.8) is 0 Å². The second-order valence-corrected chi connectivity index (χ2v) is 2.36. The van der Waals surface area contributed by atoms with Gasteiger partial charge in [0.15, 0.2) is 0 Å². The van der Waals surface area contributed by atoms with Crippen molar-refractivity contribution in [1.82, 2.24) is 0 Å². The molecule has 12 heavy (non-hydrogen) atoms. The van der Waals surface area contributed by atoms with Gasteiger partial charge in [0.25, 0.3) is 0 Å². The standard InChI is InChI=1S/C9H16O3/c1-2-3-4-5-6-12-8-9(11)7-10/h2-4,9-11H,1,5-8H2. The summed E-state index contributed by atoms with van der Waals surface area (Å²) in [5, 5.41) is 17.3. The SMILES string of the molecule is C=CC=CCCOCC(O)CO. The summed E-state index contributed by atoms with van der Waals surface area (Å²) in [5.41, 5.74) is 0. The van der Waals surface area contributed by atoms with Crippen molar-refractivity contribution in [3.05, 3.63) is 24.8 Å². The van der Waals surface area contributed by atoms with E-state index in [0.29, 0.717) is 6.61 Å². The van der Waals surface area contributed by atoms with E-state index in [1.54, 1.807) is 6.08 Å². The second kappa shape index (κ2) is 8.46. The van der Waals surface area contributed by atoms with E-state index in [0.717, 1.165) is 6.42 Å². The highest BCUT2D eigenvalue weighted by molar-refractivity contribution is 4.96. The van der Waals surface area contributed by atoms with Gasteiger partial charge in [-0.15, -0.1) is 0 Å². The van der Waals surface area contributed by atoms with Crippen molar-refractivity contribution in [2.24, 2.45) is 0 Å². The van der Waals surface area contributed by atoms with Crippen LogP contribution < -0.4 is 0 Å². The van der Waals surface area contributed by atoms with E-state index in [1.165, 1.54) is 0 Å². The molecule has 0 aliphatic heterocycles. The van der Waals surface area contributed by atoms with Crippen LogP contribution in [0.2, 0.25) is 0 Å². The molecule has 1 unspecified atom stereocenters. The quantitative estimate of drug-likeness (QED) is 0.434. The molecule has 0 aliphatic carbocycles. The Bertz CT molecular complexity index is 132. The fraction of sp³-hybridized carbons (Fsp3) is 0.556. The molecule has 0 saturated heterocycles. The van der Waals surface area contributed by atoms with Gasteiger partial charge in [-0.1, -0.05) is 24.8 Å². The Morgan fingerprint density at radius 1 is 1.50 bits per heavy atom. The van der Waals surface area contributed by atoms with Crippen molar-refractivity contribution in [2.75, 3.05) is 19.8 Å². The molecule has 0 aromatic carbocycles. The molecule has 0 saturated carbocycles. The van der Waals surface area contributed by atoms with Crippen LogP contribution in [0.1, 0.15) is 6.42 Å². The number of rotatable bonds is 7. The monoisotopic (exact) mass is 172 g/mol. The minimum absolute atomic E-state index is 0.193. The van der Waals surface area contributed by atoms with Crippen LogP contribution in [0.3, 0.4) is 0 Å². The predicted molar refractivity (Wildman–Crippen MR) is 47.9 cm³/mol. The summed E-state index contributed by atoms with van der Waals surface area (Å²) < 4.78 is 5.04. The molecule has 3 heteroatoms. The third kappa shape index (κ3) is 7.47. The molecule has 0 spiro atoms. The van der Waals surface area contributed by atoms with Gasteiger partial charge in [-0.25, -0.2) is 0 Å². The Hall–Kier alpha value is -0.640. The van der Waals surface area contributed by atoms with Gasteiger partial charge in [0.1, 0.15) is 6.10 Å². The molecule has 0 bridgehead atoms. The number of hydrogen-bond donors (Lipinski definition) is 2. The molecular weight excluding hydrogens is 156 g/mol. The van der Waals surface area contributed by atoms with Gasteiger partial charge in [-0.3, -0.25) is 0 Å². The number of ether oxygens (including phenoxy) is 1. The van der Waals surface area contributed by atoms with Crippen molar-refractivity contribution in [3.8, 4) is 0 Å².